The minimum atomic E-state index is -4.71. The summed E-state index contributed by atoms with van der Waals surface area (Å²) in [7, 11) is 0. The molecule has 0 bridgehead atoms. The zero-order chi connectivity index (χ0) is 16.3. The highest BCUT2D eigenvalue weighted by molar-refractivity contribution is 5.72. The standard InChI is InChI=1S/C13H12F3N3O3/c1-7(2)5-10(20)21-8-3-4-9(17-6-8)11-18-12(22-19-11)13(14,15)16/h3-4,6-7H,5H2,1-2H3. The van der Waals surface area contributed by atoms with Gasteiger partial charge in [-0.3, -0.25) is 4.79 Å². The van der Waals surface area contributed by atoms with E-state index >= 15 is 0 Å². The van der Waals surface area contributed by atoms with Crippen LogP contribution in [0.4, 0.5) is 13.2 Å². The van der Waals surface area contributed by atoms with E-state index < -0.39 is 18.0 Å². The highest BCUT2D eigenvalue weighted by atomic mass is 19.4. The molecule has 0 unspecified atom stereocenters. The van der Waals surface area contributed by atoms with Crippen molar-refractivity contribution in [2.45, 2.75) is 26.4 Å². The first-order valence-electron chi connectivity index (χ1n) is 6.33. The van der Waals surface area contributed by atoms with Gasteiger partial charge >= 0.3 is 18.0 Å². The number of rotatable bonds is 4. The summed E-state index contributed by atoms with van der Waals surface area (Å²) in [6.45, 7) is 3.74. The molecule has 0 atom stereocenters. The molecule has 0 aromatic carbocycles. The van der Waals surface area contributed by atoms with Crippen LogP contribution in [0.2, 0.25) is 0 Å². The van der Waals surface area contributed by atoms with Gasteiger partial charge in [-0.1, -0.05) is 19.0 Å². The Morgan fingerprint density at radius 3 is 2.59 bits per heavy atom. The first kappa shape index (κ1) is 15.9. The fourth-order valence-corrected chi connectivity index (χ4v) is 1.52. The molecule has 0 N–H and O–H groups in total. The highest BCUT2D eigenvalue weighted by Crippen LogP contribution is 2.29. The largest absolute Gasteiger partial charge is 0.471 e. The first-order valence-corrected chi connectivity index (χ1v) is 6.33. The number of hydrogen-bond acceptors (Lipinski definition) is 6. The van der Waals surface area contributed by atoms with Crippen LogP contribution in [-0.4, -0.2) is 21.1 Å². The molecule has 2 aromatic rings. The van der Waals surface area contributed by atoms with Crippen molar-refractivity contribution in [1.82, 2.24) is 15.1 Å². The van der Waals surface area contributed by atoms with Crippen LogP contribution in [-0.2, 0) is 11.0 Å². The average molecular weight is 315 g/mol. The van der Waals surface area contributed by atoms with Crippen molar-refractivity contribution in [3.05, 3.63) is 24.2 Å². The zero-order valence-electron chi connectivity index (χ0n) is 11.7. The van der Waals surface area contributed by atoms with Gasteiger partial charge in [-0.15, -0.1) is 0 Å². The molecule has 2 aromatic heterocycles. The highest BCUT2D eigenvalue weighted by Gasteiger charge is 2.38. The van der Waals surface area contributed by atoms with Gasteiger partial charge in [0, 0.05) is 6.42 Å². The predicted octanol–water partition coefficient (Wildman–Crippen LogP) is 3.10. The third-order valence-electron chi connectivity index (χ3n) is 2.44. The molecular weight excluding hydrogens is 303 g/mol. The number of aromatic nitrogens is 3. The summed E-state index contributed by atoms with van der Waals surface area (Å²) in [6, 6.07) is 2.73. The summed E-state index contributed by atoms with van der Waals surface area (Å²) in [6.07, 6.45) is -3.25. The lowest BCUT2D eigenvalue weighted by Gasteiger charge is -2.05. The summed E-state index contributed by atoms with van der Waals surface area (Å²) in [4.78, 5) is 18.5. The minimum Gasteiger partial charge on any atom is -0.425 e. The van der Waals surface area contributed by atoms with Crippen LogP contribution in [0.25, 0.3) is 11.5 Å². The Balaban J connectivity index is 2.09. The Kier molecular flexibility index (Phi) is 4.43. The summed E-state index contributed by atoms with van der Waals surface area (Å²) < 4.78 is 46.2. The Bertz CT molecular complexity index is 651. The van der Waals surface area contributed by atoms with Gasteiger partial charge in [0.05, 0.1) is 6.20 Å². The fourth-order valence-electron chi connectivity index (χ4n) is 1.52. The van der Waals surface area contributed by atoms with Gasteiger partial charge in [0.1, 0.15) is 11.4 Å². The number of carbonyl (C=O) groups is 1. The molecule has 0 aliphatic heterocycles. The Morgan fingerprint density at radius 2 is 2.09 bits per heavy atom. The number of halogens is 3. The number of pyridine rings is 1. The lowest BCUT2D eigenvalue weighted by Crippen LogP contribution is -2.10. The lowest BCUT2D eigenvalue weighted by atomic mass is 10.1. The van der Waals surface area contributed by atoms with Crippen LogP contribution in [0.3, 0.4) is 0 Å². The van der Waals surface area contributed by atoms with Crippen molar-refractivity contribution >= 4 is 5.97 Å². The number of ether oxygens (including phenoxy) is 1. The third-order valence-corrected chi connectivity index (χ3v) is 2.44. The van der Waals surface area contributed by atoms with Gasteiger partial charge in [0.15, 0.2) is 0 Å². The smallest absolute Gasteiger partial charge is 0.425 e. The van der Waals surface area contributed by atoms with Crippen LogP contribution in [0.5, 0.6) is 5.75 Å². The SMILES string of the molecule is CC(C)CC(=O)Oc1ccc(-c2noc(C(F)(F)F)n2)nc1. The fraction of sp³-hybridized carbons (Fsp3) is 0.385. The van der Waals surface area contributed by atoms with E-state index in [2.05, 4.69) is 19.6 Å². The van der Waals surface area contributed by atoms with Gasteiger partial charge in [-0.2, -0.15) is 18.2 Å². The first-order chi connectivity index (χ1) is 10.3. The maximum atomic E-state index is 12.4. The van der Waals surface area contributed by atoms with Crippen molar-refractivity contribution in [3.8, 4) is 17.3 Å². The molecule has 0 aliphatic rings. The maximum Gasteiger partial charge on any atom is 0.471 e. The molecule has 0 saturated carbocycles. The van der Waals surface area contributed by atoms with E-state index in [9.17, 15) is 18.0 Å². The predicted molar refractivity (Wildman–Crippen MR) is 67.6 cm³/mol. The number of carbonyl (C=O) groups excluding carboxylic acids is 1. The van der Waals surface area contributed by atoms with Gasteiger partial charge in [0.2, 0.25) is 5.82 Å². The number of nitrogens with zero attached hydrogens (tertiary/aromatic N) is 3. The number of hydrogen-bond donors (Lipinski definition) is 0. The normalized spacial score (nSPS) is 11.7. The van der Waals surface area contributed by atoms with E-state index in [1.807, 2.05) is 13.8 Å². The van der Waals surface area contributed by atoms with E-state index in [-0.39, 0.29) is 29.6 Å². The van der Waals surface area contributed by atoms with Crippen LogP contribution in [0, 0.1) is 5.92 Å². The van der Waals surface area contributed by atoms with Crippen LogP contribution in [0.15, 0.2) is 22.9 Å². The Hall–Kier alpha value is -2.45. The maximum absolute atomic E-state index is 12.4. The van der Waals surface area contributed by atoms with Crippen LogP contribution >= 0.6 is 0 Å². The summed E-state index contributed by atoms with van der Waals surface area (Å²) >= 11 is 0. The molecule has 2 rings (SSSR count). The van der Waals surface area contributed by atoms with Gasteiger partial charge in [0.25, 0.3) is 0 Å². The second-order valence-corrected chi connectivity index (χ2v) is 4.87. The van der Waals surface area contributed by atoms with Gasteiger partial charge < -0.3 is 9.26 Å². The van der Waals surface area contributed by atoms with Crippen LogP contribution < -0.4 is 4.74 Å². The Morgan fingerprint density at radius 1 is 1.36 bits per heavy atom. The van der Waals surface area contributed by atoms with E-state index in [1.54, 1.807) is 0 Å². The molecule has 0 spiro atoms. The molecule has 6 nitrogen and oxygen atoms in total. The van der Waals surface area contributed by atoms with Crippen LogP contribution in [0.1, 0.15) is 26.2 Å². The van der Waals surface area contributed by atoms with Gasteiger partial charge in [-0.05, 0) is 18.1 Å². The second kappa shape index (κ2) is 6.12. The monoisotopic (exact) mass is 315 g/mol. The number of alkyl halides is 3. The molecule has 118 valence electrons. The molecule has 22 heavy (non-hydrogen) atoms. The second-order valence-electron chi connectivity index (χ2n) is 4.87. The molecule has 0 aliphatic carbocycles. The van der Waals surface area contributed by atoms with Crippen molar-refractivity contribution in [3.63, 3.8) is 0 Å². The third kappa shape index (κ3) is 4.03. The molecular formula is C13H12F3N3O3. The van der Waals surface area contributed by atoms with E-state index in [0.717, 1.165) is 0 Å². The van der Waals surface area contributed by atoms with Crippen molar-refractivity contribution in [2.75, 3.05) is 0 Å². The minimum absolute atomic E-state index is 0.0721. The van der Waals surface area contributed by atoms with Gasteiger partial charge in [-0.25, -0.2) is 4.98 Å². The molecule has 0 saturated heterocycles. The zero-order valence-corrected chi connectivity index (χ0v) is 11.7. The summed E-state index contributed by atoms with van der Waals surface area (Å²) in [5.74, 6) is -1.82. The summed E-state index contributed by atoms with van der Waals surface area (Å²) in [5.41, 5.74) is 0.0721. The molecule has 0 radical (unpaired) electrons. The molecule has 0 amide bonds. The van der Waals surface area contributed by atoms with E-state index in [4.69, 9.17) is 4.74 Å². The summed E-state index contributed by atoms with van der Waals surface area (Å²) in [5, 5.41) is 3.21. The van der Waals surface area contributed by atoms with Crippen molar-refractivity contribution in [2.24, 2.45) is 5.92 Å². The average Bonchev–Trinajstić information content (AvgIpc) is 2.88. The number of esters is 1. The van der Waals surface area contributed by atoms with E-state index in [0.29, 0.717) is 0 Å². The quantitative estimate of drug-likeness (QED) is 0.807. The molecule has 0 fully saturated rings. The lowest BCUT2D eigenvalue weighted by molar-refractivity contribution is -0.159. The molecule has 2 heterocycles. The molecule has 9 heteroatoms. The van der Waals surface area contributed by atoms with Crippen molar-refractivity contribution < 1.29 is 27.2 Å². The van der Waals surface area contributed by atoms with E-state index in [1.165, 1.54) is 18.3 Å². The Labute approximate surface area is 123 Å². The van der Waals surface area contributed by atoms with Crippen molar-refractivity contribution in [1.29, 1.82) is 0 Å². The topological polar surface area (TPSA) is 78.1 Å².